The molecule has 44 valence electrons. The Labute approximate surface area is 50.9 Å². The summed E-state index contributed by atoms with van der Waals surface area (Å²) in [6, 6.07) is 1.61. The zero-order valence-corrected chi connectivity index (χ0v) is 7.34. The van der Waals surface area contributed by atoms with Crippen LogP contribution in [-0.4, -0.2) is 13.7 Å². The van der Waals surface area contributed by atoms with Crippen LogP contribution in [0.25, 0.3) is 0 Å². The molecule has 1 unspecified atom stereocenters. The van der Waals surface area contributed by atoms with E-state index < -0.39 is 7.95 Å². The van der Waals surface area contributed by atoms with Gasteiger partial charge >= 0.3 is 50.3 Å². The Morgan fingerprint density at radius 2 is 2.43 bits per heavy atom. The fourth-order valence-electron chi connectivity index (χ4n) is 1.26. The molecule has 1 aliphatic heterocycles. The summed E-state index contributed by atoms with van der Waals surface area (Å²) in [6.45, 7) is 4.86. The van der Waals surface area contributed by atoms with Gasteiger partial charge < -0.3 is 0 Å². The Morgan fingerprint density at radius 1 is 1.71 bits per heavy atom. The minimum absolute atomic E-state index is 0.492. The molecular weight excluding hydrogens is 120 g/mol. The zero-order chi connectivity index (χ0) is 5.28. The predicted octanol–water partition coefficient (Wildman–Crippen LogP) is 1.46. The van der Waals surface area contributed by atoms with E-state index in [1.807, 2.05) is 0 Å². The molecule has 1 fully saturated rings. The Morgan fingerprint density at radius 3 is 2.57 bits per heavy atom. The molecule has 0 bridgehead atoms. The van der Waals surface area contributed by atoms with Gasteiger partial charge in [0.25, 0.3) is 0 Å². The van der Waals surface area contributed by atoms with Crippen LogP contribution in [0.5, 0.6) is 0 Å². The second kappa shape index (κ2) is 2.22. The van der Waals surface area contributed by atoms with E-state index in [-0.39, 0.29) is 0 Å². The van der Waals surface area contributed by atoms with E-state index in [0.29, 0.717) is 0 Å². The van der Waals surface area contributed by atoms with Gasteiger partial charge in [0.15, 0.2) is 0 Å². The maximum absolute atomic E-state index is 2.49. The number of hydrogen-bond donors (Lipinski definition) is 0. The molecule has 1 heterocycles. The van der Waals surface area contributed by atoms with E-state index in [1.54, 1.807) is 6.04 Å². The van der Waals surface area contributed by atoms with Gasteiger partial charge in [0.1, 0.15) is 0 Å². The Balaban J connectivity index is 2.26. The van der Waals surface area contributed by atoms with Crippen LogP contribution in [0.15, 0.2) is 0 Å². The van der Waals surface area contributed by atoms with Crippen molar-refractivity contribution in [2.24, 2.45) is 5.92 Å². The van der Waals surface area contributed by atoms with Crippen molar-refractivity contribution in [3.63, 3.8) is 0 Å². The van der Waals surface area contributed by atoms with Crippen LogP contribution in [0.3, 0.4) is 0 Å². The molecule has 2 heteroatoms. The Hall–Kier alpha value is 0.567. The molecule has 1 rings (SSSR count). The van der Waals surface area contributed by atoms with Gasteiger partial charge in [-0.1, -0.05) is 0 Å². The summed E-state index contributed by atoms with van der Waals surface area (Å²) in [6.07, 6.45) is 0. The van der Waals surface area contributed by atoms with Gasteiger partial charge in [-0.2, -0.15) is 0 Å². The third-order valence-electron chi connectivity index (χ3n) is 1.65. The summed E-state index contributed by atoms with van der Waals surface area (Å²) in [7, 11) is -0.492. The van der Waals surface area contributed by atoms with Crippen molar-refractivity contribution in [2.45, 2.75) is 19.5 Å². The molecule has 0 saturated carbocycles. The van der Waals surface area contributed by atoms with E-state index in [0.717, 1.165) is 5.92 Å². The summed E-state index contributed by atoms with van der Waals surface area (Å²) in [4.78, 5) is 0. The predicted molar refractivity (Wildman–Crippen MR) is 40.8 cm³/mol. The quantitative estimate of drug-likeness (QED) is 0.451. The molecule has 0 radical (unpaired) electrons. The number of rotatable bonds is 0. The number of hydrogen-bond acceptors (Lipinski definition) is 1. The fraction of sp³-hybridized carbons (Fsp3) is 1.00. The van der Waals surface area contributed by atoms with Gasteiger partial charge in [-0.25, -0.2) is 0 Å². The molecule has 1 saturated heterocycles. The Kier molecular flexibility index (Phi) is 1.81. The molecule has 0 amide bonds. The van der Waals surface area contributed by atoms with E-state index in [1.165, 1.54) is 5.75 Å². The molecule has 0 aromatic rings. The molecule has 0 nitrogen and oxygen atoms in total. The first-order valence-electron chi connectivity index (χ1n) is 3.18. The molecule has 1 aliphatic rings. The third kappa shape index (κ3) is 1.50. The van der Waals surface area contributed by atoms with Gasteiger partial charge in [0, 0.05) is 0 Å². The van der Waals surface area contributed by atoms with E-state index >= 15 is 0 Å². The van der Waals surface area contributed by atoms with Crippen molar-refractivity contribution in [2.75, 3.05) is 5.75 Å². The van der Waals surface area contributed by atoms with Crippen LogP contribution in [0.2, 0.25) is 12.6 Å². The van der Waals surface area contributed by atoms with Gasteiger partial charge in [-0.3, -0.25) is 0 Å². The molecule has 0 aromatic heterocycles. The summed E-state index contributed by atoms with van der Waals surface area (Å²) in [5, 5.41) is 0. The monoisotopic (exact) mass is 133 g/mol. The molecular formula is C5H13SSi-. The summed E-state index contributed by atoms with van der Waals surface area (Å²) < 4.78 is 0. The van der Waals surface area contributed by atoms with Crippen LogP contribution in [0.1, 0.15) is 6.92 Å². The van der Waals surface area contributed by atoms with Crippen LogP contribution < -0.4 is 0 Å². The summed E-state index contributed by atoms with van der Waals surface area (Å²) >= 11 is 2.28. The standard InChI is InChI=1S/C5H13SSi/c1-5-3-6-7(2)4-5/h5H,3-4,7H2,1-2H3/q-1. The van der Waals surface area contributed by atoms with Gasteiger partial charge in [0.2, 0.25) is 0 Å². The fourth-order valence-corrected chi connectivity index (χ4v) is 8.41. The first-order chi connectivity index (χ1) is 3.29. The average molecular weight is 133 g/mol. The van der Waals surface area contributed by atoms with Gasteiger partial charge in [-0.15, -0.1) is 0 Å². The molecule has 7 heavy (non-hydrogen) atoms. The van der Waals surface area contributed by atoms with Crippen LogP contribution in [0.4, 0.5) is 0 Å². The maximum atomic E-state index is 2.49. The molecule has 1 atom stereocenters. The molecule has 0 aromatic carbocycles. The molecule has 0 N–H and O–H groups in total. The van der Waals surface area contributed by atoms with Crippen LogP contribution >= 0.6 is 11.2 Å². The Bertz CT molecular complexity index is 57.1. The van der Waals surface area contributed by atoms with Crippen LogP contribution in [-0.2, 0) is 0 Å². The molecule has 0 aliphatic carbocycles. The second-order valence-electron chi connectivity index (χ2n) is 2.76. The van der Waals surface area contributed by atoms with Crippen molar-refractivity contribution < 1.29 is 0 Å². The van der Waals surface area contributed by atoms with Crippen molar-refractivity contribution >= 4 is 19.2 Å². The van der Waals surface area contributed by atoms with Crippen molar-refractivity contribution in [3.8, 4) is 0 Å². The first-order valence-corrected chi connectivity index (χ1v) is 8.48. The van der Waals surface area contributed by atoms with E-state index in [2.05, 4.69) is 24.7 Å². The third-order valence-corrected chi connectivity index (χ3v) is 8.46. The normalized spacial score (nSPS) is 36.9. The molecule has 0 spiro atoms. The average Bonchev–Trinajstić information content (AvgIpc) is 1.87. The van der Waals surface area contributed by atoms with Crippen LogP contribution in [0, 0.1) is 5.92 Å². The summed E-state index contributed by atoms with van der Waals surface area (Å²) in [5.74, 6) is 2.53. The first kappa shape index (κ1) is 5.70. The zero-order valence-electron chi connectivity index (χ0n) is 5.11. The summed E-state index contributed by atoms with van der Waals surface area (Å²) in [5.41, 5.74) is 0. The van der Waals surface area contributed by atoms with Crippen molar-refractivity contribution in [1.82, 2.24) is 0 Å². The van der Waals surface area contributed by atoms with Gasteiger partial charge in [0.05, 0.1) is 0 Å². The topological polar surface area (TPSA) is 0 Å². The van der Waals surface area contributed by atoms with Crippen molar-refractivity contribution in [1.29, 1.82) is 0 Å². The van der Waals surface area contributed by atoms with Crippen molar-refractivity contribution in [3.05, 3.63) is 0 Å². The van der Waals surface area contributed by atoms with E-state index in [9.17, 15) is 0 Å². The second-order valence-corrected chi connectivity index (χ2v) is 10.2. The van der Waals surface area contributed by atoms with E-state index in [4.69, 9.17) is 0 Å². The SMILES string of the molecule is CC1CS[SiH2-](C)C1. The van der Waals surface area contributed by atoms with Gasteiger partial charge in [-0.05, 0) is 0 Å². The minimum atomic E-state index is -0.492.